The van der Waals surface area contributed by atoms with Gasteiger partial charge in [0.1, 0.15) is 5.76 Å². The summed E-state index contributed by atoms with van der Waals surface area (Å²) in [5, 5.41) is 12.3. The molecule has 2 aromatic heterocycles. The number of hydrogen-bond donors (Lipinski definition) is 1. The zero-order valence-corrected chi connectivity index (χ0v) is 18.4. The average Bonchev–Trinajstić information content (AvgIpc) is 3.42. The van der Waals surface area contributed by atoms with Crippen LogP contribution >= 0.6 is 27.7 Å². The lowest BCUT2D eigenvalue weighted by Crippen LogP contribution is -2.24. The zero-order valence-electron chi connectivity index (χ0n) is 16.0. The lowest BCUT2D eigenvalue weighted by atomic mass is 10.2. The van der Waals surface area contributed by atoms with Gasteiger partial charge >= 0.3 is 0 Å². The predicted molar refractivity (Wildman–Crippen MR) is 120 cm³/mol. The van der Waals surface area contributed by atoms with E-state index in [0.717, 1.165) is 27.2 Å². The second kappa shape index (κ2) is 9.77. The summed E-state index contributed by atoms with van der Waals surface area (Å²) in [6.45, 7) is 0.978. The molecule has 152 valence electrons. The SMILES string of the molecule is O=C(CSc1nnc(-c2ccccc2Br)n1Cc1ccccc1)NCc1ccco1. The number of carbonyl (C=O) groups is 1. The Morgan fingerprint density at radius 3 is 2.60 bits per heavy atom. The van der Waals surface area contributed by atoms with Crippen molar-refractivity contribution in [3.05, 3.63) is 88.8 Å². The van der Waals surface area contributed by atoms with E-state index in [1.54, 1.807) is 12.3 Å². The van der Waals surface area contributed by atoms with Gasteiger partial charge in [0.15, 0.2) is 11.0 Å². The minimum Gasteiger partial charge on any atom is -0.467 e. The van der Waals surface area contributed by atoms with Crippen molar-refractivity contribution >= 4 is 33.6 Å². The van der Waals surface area contributed by atoms with Crippen LogP contribution in [0.4, 0.5) is 0 Å². The van der Waals surface area contributed by atoms with Crippen molar-refractivity contribution in [2.24, 2.45) is 0 Å². The van der Waals surface area contributed by atoms with E-state index in [-0.39, 0.29) is 11.7 Å². The van der Waals surface area contributed by atoms with E-state index in [1.807, 2.05) is 53.1 Å². The summed E-state index contributed by atoms with van der Waals surface area (Å²) >= 11 is 4.97. The van der Waals surface area contributed by atoms with Crippen LogP contribution in [0.3, 0.4) is 0 Å². The van der Waals surface area contributed by atoms with Crippen molar-refractivity contribution in [3.8, 4) is 11.4 Å². The smallest absolute Gasteiger partial charge is 0.230 e. The molecule has 6 nitrogen and oxygen atoms in total. The lowest BCUT2D eigenvalue weighted by Gasteiger charge is -2.11. The van der Waals surface area contributed by atoms with Crippen LogP contribution in [-0.2, 0) is 17.9 Å². The third kappa shape index (κ3) is 5.01. The summed E-state index contributed by atoms with van der Waals surface area (Å²) in [4.78, 5) is 12.3. The summed E-state index contributed by atoms with van der Waals surface area (Å²) in [7, 11) is 0. The van der Waals surface area contributed by atoms with Gasteiger partial charge in [0.2, 0.25) is 5.91 Å². The Hall–Kier alpha value is -2.84. The number of aromatic nitrogens is 3. The van der Waals surface area contributed by atoms with Gasteiger partial charge in [0.25, 0.3) is 0 Å². The number of thioether (sulfide) groups is 1. The maximum absolute atomic E-state index is 12.3. The Balaban J connectivity index is 1.53. The normalized spacial score (nSPS) is 10.8. The standard InChI is InChI=1S/C22H19BrN4O2S/c23-19-11-5-4-10-18(19)21-25-26-22(27(21)14-16-7-2-1-3-8-16)30-15-20(28)24-13-17-9-6-12-29-17/h1-12H,13-15H2,(H,24,28). The van der Waals surface area contributed by atoms with Gasteiger partial charge in [-0.15, -0.1) is 10.2 Å². The molecule has 2 aromatic carbocycles. The molecule has 0 saturated carbocycles. The lowest BCUT2D eigenvalue weighted by molar-refractivity contribution is -0.118. The van der Waals surface area contributed by atoms with Crippen molar-refractivity contribution in [3.63, 3.8) is 0 Å². The molecular weight excluding hydrogens is 464 g/mol. The third-order valence-corrected chi connectivity index (χ3v) is 6.05. The Labute approximate surface area is 186 Å². The number of halogens is 1. The van der Waals surface area contributed by atoms with Crippen molar-refractivity contribution in [2.45, 2.75) is 18.2 Å². The fourth-order valence-corrected chi connectivity index (χ4v) is 4.16. The van der Waals surface area contributed by atoms with Gasteiger partial charge in [-0.2, -0.15) is 0 Å². The van der Waals surface area contributed by atoms with Crippen LogP contribution in [0, 0.1) is 0 Å². The van der Waals surface area contributed by atoms with Crippen molar-refractivity contribution < 1.29 is 9.21 Å². The van der Waals surface area contributed by atoms with Crippen molar-refractivity contribution in [2.75, 3.05) is 5.75 Å². The van der Waals surface area contributed by atoms with Crippen molar-refractivity contribution in [1.29, 1.82) is 0 Å². The molecule has 0 saturated heterocycles. The summed E-state index contributed by atoms with van der Waals surface area (Å²) in [6, 6.07) is 21.7. The third-order valence-electron chi connectivity index (χ3n) is 4.39. The summed E-state index contributed by atoms with van der Waals surface area (Å²) < 4.78 is 8.23. The molecule has 0 bridgehead atoms. The number of nitrogens with one attached hydrogen (secondary N) is 1. The number of carbonyl (C=O) groups excluding carboxylic acids is 1. The molecule has 8 heteroatoms. The molecule has 30 heavy (non-hydrogen) atoms. The average molecular weight is 483 g/mol. The minimum atomic E-state index is -0.0897. The Kier molecular flexibility index (Phi) is 6.66. The largest absolute Gasteiger partial charge is 0.467 e. The van der Waals surface area contributed by atoms with Crippen LogP contribution in [0.25, 0.3) is 11.4 Å². The van der Waals surface area contributed by atoms with Crippen molar-refractivity contribution in [1.82, 2.24) is 20.1 Å². The molecule has 4 aromatic rings. The first kappa shape index (κ1) is 20.4. The van der Waals surface area contributed by atoms with Crippen LogP contribution in [0.5, 0.6) is 0 Å². The molecule has 0 unspecified atom stereocenters. The molecule has 2 heterocycles. The first-order valence-corrected chi connectivity index (χ1v) is 11.1. The number of amides is 1. The molecule has 0 aliphatic rings. The fourth-order valence-electron chi connectivity index (χ4n) is 2.93. The molecule has 1 amide bonds. The quantitative estimate of drug-likeness (QED) is 0.366. The monoisotopic (exact) mass is 482 g/mol. The Bertz CT molecular complexity index is 1110. The maximum atomic E-state index is 12.3. The van der Waals surface area contributed by atoms with E-state index < -0.39 is 0 Å². The predicted octanol–water partition coefficient (Wildman–Crippen LogP) is 4.76. The van der Waals surface area contributed by atoms with Crippen LogP contribution < -0.4 is 5.32 Å². The number of rotatable bonds is 8. The fraction of sp³-hybridized carbons (Fsp3) is 0.136. The van der Waals surface area contributed by atoms with E-state index in [0.29, 0.717) is 18.2 Å². The Morgan fingerprint density at radius 1 is 1.03 bits per heavy atom. The number of benzene rings is 2. The van der Waals surface area contributed by atoms with Crippen LogP contribution in [0.1, 0.15) is 11.3 Å². The molecule has 0 fully saturated rings. The maximum Gasteiger partial charge on any atom is 0.230 e. The summed E-state index contributed by atoms with van der Waals surface area (Å²) in [5.74, 6) is 1.62. The topological polar surface area (TPSA) is 73.0 Å². The number of nitrogens with zero attached hydrogens (tertiary/aromatic N) is 3. The van der Waals surface area contributed by atoms with E-state index in [1.165, 1.54) is 11.8 Å². The first-order chi connectivity index (χ1) is 14.7. The van der Waals surface area contributed by atoms with E-state index in [4.69, 9.17) is 4.42 Å². The second-order valence-electron chi connectivity index (χ2n) is 6.50. The summed E-state index contributed by atoms with van der Waals surface area (Å²) in [6.07, 6.45) is 1.59. The minimum absolute atomic E-state index is 0.0897. The number of hydrogen-bond acceptors (Lipinski definition) is 5. The van der Waals surface area contributed by atoms with E-state index in [2.05, 4.69) is 43.6 Å². The van der Waals surface area contributed by atoms with Gasteiger partial charge in [-0.05, 0) is 23.8 Å². The van der Waals surface area contributed by atoms with Gasteiger partial charge in [-0.1, -0.05) is 76.2 Å². The molecule has 0 aliphatic heterocycles. The van der Waals surface area contributed by atoms with E-state index in [9.17, 15) is 4.79 Å². The van der Waals surface area contributed by atoms with Gasteiger partial charge in [0.05, 0.1) is 25.1 Å². The van der Waals surface area contributed by atoms with E-state index >= 15 is 0 Å². The molecule has 1 N–H and O–H groups in total. The van der Waals surface area contributed by atoms with Gasteiger partial charge in [-0.3, -0.25) is 9.36 Å². The van der Waals surface area contributed by atoms with Gasteiger partial charge < -0.3 is 9.73 Å². The second-order valence-corrected chi connectivity index (χ2v) is 8.30. The first-order valence-electron chi connectivity index (χ1n) is 9.34. The number of furan rings is 1. The van der Waals surface area contributed by atoms with Crippen LogP contribution in [-0.4, -0.2) is 26.4 Å². The highest BCUT2D eigenvalue weighted by atomic mass is 79.9. The molecular formula is C22H19BrN4O2S. The summed E-state index contributed by atoms with van der Waals surface area (Å²) in [5.41, 5.74) is 2.09. The van der Waals surface area contributed by atoms with Crippen LogP contribution in [0.15, 0.2) is 87.0 Å². The van der Waals surface area contributed by atoms with Crippen LogP contribution in [0.2, 0.25) is 0 Å². The highest BCUT2D eigenvalue weighted by Gasteiger charge is 2.17. The Morgan fingerprint density at radius 2 is 1.83 bits per heavy atom. The molecule has 0 spiro atoms. The molecule has 0 atom stereocenters. The highest BCUT2D eigenvalue weighted by molar-refractivity contribution is 9.10. The molecule has 0 aliphatic carbocycles. The molecule has 4 rings (SSSR count). The van der Waals surface area contributed by atoms with Gasteiger partial charge in [0, 0.05) is 10.0 Å². The zero-order chi connectivity index (χ0) is 20.8. The highest BCUT2D eigenvalue weighted by Crippen LogP contribution is 2.30. The van der Waals surface area contributed by atoms with Gasteiger partial charge in [-0.25, -0.2) is 0 Å². The molecule has 0 radical (unpaired) electrons.